The number of thioether (sulfide) groups is 3. The van der Waals surface area contributed by atoms with E-state index in [4.69, 9.17) is 100.0 Å². The molecule has 0 radical (unpaired) electrons. The number of ether oxygens (including phenoxy) is 20. The van der Waals surface area contributed by atoms with Crippen LogP contribution in [0.2, 0.25) is 0 Å². The highest BCUT2D eigenvalue weighted by atomic mass is 32.2. The molecule has 4 atom stereocenters. The molecule has 4 heterocycles. The molecule has 22 nitrogen and oxygen atoms in total. The zero-order chi connectivity index (χ0) is 106. The van der Waals surface area contributed by atoms with E-state index in [1.54, 1.807) is 0 Å². The number of aliphatic imine (C=N–C) groups is 1. The van der Waals surface area contributed by atoms with Gasteiger partial charge in [-0.15, -0.1) is 0 Å². The SMILES string of the molecule is CC(C)(C)C#Cc1ccccc1.CC(C)(C)CC#N.CC(C)(C)CC1=NCCO1.CC(C)(C)OCC1CC/C=C\CCC1.CC(C)(C)OCC1COCCOCCOCCO1.CC(C)(C)OCC1COCCOCCOCCOCCO1.CC(C)(C)OCC1COCCOCCOCCOCCOCCO1.CC(C)(C)SC(C)(C)C.CC(C)(C)SCc1ccccc1.Cc1ccc(CSC(C)(C)C)cc1. The molecule has 0 saturated carbocycles. The van der Waals surface area contributed by atoms with Gasteiger partial charge in [0.25, 0.3) is 0 Å². The fraction of sp³-hybridized carbons (Fsp3) is 0.791. The van der Waals surface area contributed by atoms with E-state index >= 15 is 0 Å². The molecule has 140 heavy (non-hydrogen) atoms. The summed E-state index contributed by atoms with van der Waals surface area (Å²) < 4.78 is 113. The van der Waals surface area contributed by atoms with Crippen molar-refractivity contribution < 1.29 is 94.7 Å². The fourth-order valence-electron chi connectivity index (χ4n) is 11.4. The summed E-state index contributed by atoms with van der Waals surface area (Å²) in [5.41, 5.74) is 5.34. The molecule has 0 bridgehead atoms. The summed E-state index contributed by atoms with van der Waals surface area (Å²) >= 11 is 5.99. The van der Waals surface area contributed by atoms with Crippen LogP contribution in [-0.4, -0.2) is 284 Å². The van der Waals surface area contributed by atoms with Gasteiger partial charge in [-0.3, -0.25) is 4.99 Å². The summed E-state index contributed by atoms with van der Waals surface area (Å²) in [6.45, 7) is 91.9. The summed E-state index contributed by atoms with van der Waals surface area (Å²) in [7, 11) is 0. The number of nitrogens with zero attached hydrogens (tertiary/aromatic N) is 2. The Morgan fingerprint density at radius 2 is 0.671 bits per heavy atom. The van der Waals surface area contributed by atoms with Crippen molar-refractivity contribution in [3.8, 4) is 17.9 Å². The van der Waals surface area contributed by atoms with Crippen LogP contribution in [0.1, 0.15) is 296 Å². The highest BCUT2D eigenvalue weighted by Gasteiger charge is 2.25. The minimum absolute atomic E-state index is 0.0260. The Morgan fingerprint density at radius 3 is 0.957 bits per heavy atom. The van der Waals surface area contributed by atoms with Crippen LogP contribution in [-0.2, 0) is 106 Å². The van der Waals surface area contributed by atoms with Crippen molar-refractivity contribution in [2.45, 2.75) is 352 Å². The Balaban J connectivity index is 0. The predicted octanol–water partition coefficient (Wildman–Crippen LogP) is 25.7. The van der Waals surface area contributed by atoms with E-state index in [1.807, 2.05) is 128 Å². The summed E-state index contributed by atoms with van der Waals surface area (Å²) in [6, 6.07) is 31.6. The molecular formula is C115H206N2O20S3. The number of benzene rings is 3. The summed E-state index contributed by atoms with van der Waals surface area (Å²) in [5.74, 6) is 10.3. The Kier molecular flexibility index (Phi) is 79.2. The van der Waals surface area contributed by atoms with Crippen LogP contribution in [0.25, 0.3) is 0 Å². The van der Waals surface area contributed by atoms with E-state index in [0.29, 0.717) is 229 Å². The first-order valence-corrected chi connectivity index (χ1v) is 54.2. The molecule has 25 heteroatoms. The lowest BCUT2D eigenvalue weighted by Crippen LogP contribution is -2.32. The number of aryl methyl sites for hydroxylation is 1. The standard InChI is InChI=1S/C17H34O7.C15H30O6.C13H26O5.C13H24O.C12H18S.C12H14.C11H16S.C8H15NO.C8H18S.C6H11N/c1-17(2,3)24-15-16-14-22-11-10-20-7-6-18-4-5-19-8-9-21-12-13-23-16;1-15(2,3)21-13-14-12-19-9-8-17-5-4-16-6-7-18-10-11-20-14;1-13(2,3)18-11-12-10-16-7-6-14-4-5-15-8-9-17-12;1-13(2,3)14-11-12-9-7-5-4-6-8-10-12;1-10-5-7-11(8-6-10)9-13-12(2,3)4;1-12(2,3)10-9-11-7-5-4-6-8-11;1-11(2,3)12-9-10-7-5-4-6-8-10;1-8(2,3)6-7-9-4-5-10-7;1-7(2,3)9-8(4,5)6;1-6(2,3)4-5-7/h16H,4-15H2,1-3H3;14H,4-13H2,1-3H3;12H,4-11H2,1-3H3;4-5,12H,6-11H2,1-3H3;5-8H,9H2,1-4H3;4-8H,1-3H3;4-8H,9H2,1-3H3;4-6H2,1-3H3;1-6H3;4H2,1-3H3/b;;;5-4-;;;;;;. The molecule has 8 rings (SSSR count). The number of hydrogen-bond acceptors (Lipinski definition) is 25. The summed E-state index contributed by atoms with van der Waals surface area (Å²) in [6.07, 6.45) is 12.4. The maximum atomic E-state index is 8.15. The number of rotatable bonds is 13. The maximum absolute atomic E-state index is 8.15. The van der Waals surface area contributed by atoms with E-state index in [9.17, 15) is 0 Å². The van der Waals surface area contributed by atoms with Crippen molar-refractivity contribution in [1.29, 1.82) is 5.26 Å². The van der Waals surface area contributed by atoms with Crippen LogP contribution < -0.4 is 0 Å². The number of allylic oxidation sites excluding steroid dienone is 2. The lowest BCUT2D eigenvalue weighted by atomic mass is 9.92. The molecule has 0 N–H and O–H groups in total. The zero-order valence-corrected chi connectivity index (χ0v) is 97.5. The largest absolute Gasteiger partial charge is 0.479 e. The quantitative estimate of drug-likeness (QED) is 0.115. The van der Waals surface area contributed by atoms with Gasteiger partial charge in [0.2, 0.25) is 0 Å². The first kappa shape index (κ1) is 138. The first-order valence-electron chi connectivity index (χ1n) is 51.5. The molecule has 0 amide bonds. The van der Waals surface area contributed by atoms with Crippen molar-refractivity contribution in [2.24, 2.45) is 27.2 Å². The van der Waals surface area contributed by atoms with Crippen LogP contribution in [0, 0.1) is 52.3 Å². The van der Waals surface area contributed by atoms with Gasteiger partial charge >= 0.3 is 0 Å². The van der Waals surface area contributed by atoms with Crippen molar-refractivity contribution in [2.75, 3.05) is 218 Å². The fourth-order valence-corrected chi connectivity index (χ4v) is 14.8. The highest BCUT2D eigenvalue weighted by molar-refractivity contribution is 8.01. The van der Waals surface area contributed by atoms with Crippen molar-refractivity contribution in [1.82, 2.24) is 0 Å². The Labute approximate surface area is 869 Å². The lowest BCUT2D eigenvalue weighted by molar-refractivity contribution is -0.113. The molecule has 3 aromatic carbocycles. The van der Waals surface area contributed by atoms with Gasteiger partial charge in [-0.25, -0.2) is 0 Å². The molecule has 5 aliphatic rings. The Hall–Kier alpha value is -3.79. The van der Waals surface area contributed by atoms with E-state index in [1.165, 1.54) is 48.8 Å². The zero-order valence-electron chi connectivity index (χ0n) is 95.0. The van der Waals surface area contributed by atoms with Crippen LogP contribution >= 0.6 is 35.3 Å². The lowest BCUT2D eigenvalue weighted by Gasteiger charge is -2.28. The van der Waals surface area contributed by atoms with Gasteiger partial charge in [0.15, 0.2) is 5.90 Å². The highest BCUT2D eigenvalue weighted by Crippen LogP contribution is 2.36. The molecule has 3 fully saturated rings. The first-order chi connectivity index (χ1) is 65.3. The minimum Gasteiger partial charge on any atom is -0.479 e. The van der Waals surface area contributed by atoms with Crippen LogP contribution in [0.4, 0.5) is 0 Å². The smallest absolute Gasteiger partial charge is 0.183 e. The van der Waals surface area contributed by atoms with Crippen molar-refractivity contribution in [3.63, 3.8) is 0 Å². The molecule has 4 unspecified atom stereocenters. The number of nitriles is 1. The third-order valence-corrected chi connectivity index (χ3v) is 21.9. The van der Waals surface area contributed by atoms with E-state index in [2.05, 4.69) is 263 Å². The predicted molar refractivity (Wildman–Crippen MR) is 589 cm³/mol. The molecule has 814 valence electrons. The van der Waals surface area contributed by atoms with Crippen LogP contribution in [0.5, 0.6) is 0 Å². The van der Waals surface area contributed by atoms with E-state index in [0.717, 1.165) is 55.1 Å². The van der Waals surface area contributed by atoms with Crippen LogP contribution in [0.15, 0.2) is 102 Å². The maximum Gasteiger partial charge on any atom is 0.183 e. The summed E-state index contributed by atoms with van der Waals surface area (Å²) in [5, 5.41) is 8.15. The van der Waals surface area contributed by atoms with Gasteiger partial charge in [-0.2, -0.15) is 40.5 Å². The second-order valence-corrected chi connectivity index (χ2v) is 52.2. The third kappa shape index (κ3) is 110. The molecule has 0 spiro atoms. The van der Waals surface area contributed by atoms with Gasteiger partial charge in [0.05, 0.1) is 240 Å². The third-order valence-electron chi connectivity index (χ3n) is 18.0. The molecule has 3 saturated heterocycles. The van der Waals surface area contributed by atoms with Crippen molar-refractivity contribution >= 4 is 41.2 Å². The molecule has 3 aromatic rings. The molecular weight excluding hydrogens is 1830 g/mol. The molecule has 4 aliphatic heterocycles. The average molecular weight is 2030 g/mol. The average Bonchev–Trinajstić information content (AvgIpc) is 1.80. The van der Waals surface area contributed by atoms with Gasteiger partial charge in [0.1, 0.15) is 24.9 Å². The van der Waals surface area contributed by atoms with Gasteiger partial charge in [-0.1, -0.05) is 227 Å². The minimum atomic E-state index is -0.202. The Bertz CT molecular complexity index is 3440. The summed E-state index contributed by atoms with van der Waals surface area (Å²) in [4.78, 5) is 4.22. The number of hydrogen-bond donors (Lipinski definition) is 0. The van der Waals surface area contributed by atoms with Gasteiger partial charge in [-0.05, 0) is 183 Å². The van der Waals surface area contributed by atoms with Crippen molar-refractivity contribution in [3.05, 3.63) is 119 Å². The van der Waals surface area contributed by atoms with E-state index < -0.39 is 0 Å². The normalized spacial score (nSPS) is 19.6. The monoisotopic (exact) mass is 2030 g/mol. The molecule has 1 aliphatic carbocycles. The van der Waals surface area contributed by atoms with Crippen LogP contribution in [0.3, 0.4) is 0 Å². The van der Waals surface area contributed by atoms with Gasteiger partial charge < -0.3 is 94.7 Å². The topological polar surface area (TPSA) is 221 Å². The second-order valence-electron chi connectivity index (χ2n) is 46.0. The Morgan fingerprint density at radius 1 is 0.350 bits per heavy atom. The van der Waals surface area contributed by atoms with E-state index in [-0.39, 0.29) is 51.5 Å². The van der Waals surface area contributed by atoms with Gasteiger partial charge in [0, 0.05) is 54.3 Å². The molecule has 0 aromatic heterocycles. The second kappa shape index (κ2) is 80.2.